The molecule has 0 aromatic carbocycles. The summed E-state index contributed by atoms with van der Waals surface area (Å²) in [6, 6.07) is 5.89. The summed E-state index contributed by atoms with van der Waals surface area (Å²) in [4.78, 5) is 19.1. The Balaban J connectivity index is 1.35. The lowest BCUT2D eigenvalue weighted by Gasteiger charge is -2.33. The van der Waals surface area contributed by atoms with Gasteiger partial charge in [0.25, 0.3) is 0 Å². The van der Waals surface area contributed by atoms with Crippen molar-refractivity contribution in [3.63, 3.8) is 0 Å². The van der Waals surface area contributed by atoms with Gasteiger partial charge in [0.05, 0.1) is 22.7 Å². The molecule has 0 aliphatic carbocycles. The molecule has 0 spiro atoms. The standard InChI is InChI=1S/C22H27N3O4S2/c1-22(2,3)29-21(26)24-10-7-16(8-11-24)15-31(27,28)12-9-18-13-17-14-23-19-5-4-6-20(30-18)25(17)19/h4-6,9,12-14,16H,7-8,10-11,15H2,1-3H3/b12-9+. The van der Waals surface area contributed by atoms with Crippen molar-refractivity contribution >= 4 is 39.4 Å². The molecule has 2 aliphatic rings. The van der Waals surface area contributed by atoms with E-state index in [1.165, 1.54) is 17.2 Å². The number of amides is 1. The molecule has 0 N–H and O–H groups in total. The van der Waals surface area contributed by atoms with Gasteiger partial charge in [0.15, 0.2) is 9.84 Å². The molecule has 0 bridgehead atoms. The van der Waals surface area contributed by atoms with Crippen LogP contribution in [-0.2, 0) is 14.6 Å². The number of aromatic nitrogens is 2. The van der Waals surface area contributed by atoms with Crippen LogP contribution in [0.3, 0.4) is 0 Å². The molecule has 0 unspecified atom stereocenters. The molecule has 166 valence electrons. The Morgan fingerprint density at radius 1 is 1.29 bits per heavy atom. The summed E-state index contributed by atoms with van der Waals surface area (Å²) in [6.45, 7) is 6.56. The van der Waals surface area contributed by atoms with Crippen LogP contribution < -0.4 is 0 Å². The zero-order valence-electron chi connectivity index (χ0n) is 17.9. The first-order chi connectivity index (χ1) is 14.6. The number of sulfone groups is 1. The largest absolute Gasteiger partial charge is 0.444 e. The fraction of sp³-hybridized carbons (Fsp3) is 0.455. The van der Waals surface area contributed by atoms with Crippen molar-refractivity contribution in [2.45, 2.75) is 44.2 Å². The number of carbonyl (C=O) groups is 1. The predicted octanol–water partition coefficient (Wildman–Crippen LogP) is 4.36. The van der Waals surface area contributed by atoms with Gasteiger partial charge in [0.1, 0.15) is 11.2 Å². The summed E-state index contributed by atoms with van der Waals surface area (Å²) in [7, 11) is -3.35. The summed E-state index contributed by atoms with van der Waals surface area (Å²) in [6.07, 6.45) is 6.40. The molecular weight excluding hydrogens is 434 g/mol. The molecule has 9 heteroatoms. The van der Waals surface area contributed by atoms with E-state index in [0.717, 1.165) is 21.3 Å². The fourth-order valence-electron chi connectivity index (χ4n) is 3.75. The average Bonchev–Trinajstić information content (AvgIpc) is 3.10. The van der Waals surface area contributed by atoms with Crippen LogP contribution in [0.1, 0.15) is 39.3 Å². The number of thioether (sulfide) groups is 1. The number of pyridine rings is 1. The Morgan fingerprint density at radius 3 is 2.74 bits per heavy atom. The average molecular weight is 462 g/mol. The van der Waals surface area contributed by atoms with Crippen molar-refractivity contribution < 1.29 is 17.9 Å². The number of imidazole rings is 1. The Labute approximate surface area is 187 Å². The maximum atomic E-state index is 12.7. The first-order valence-corrected chi connectivity index (χ1v) is 12.9. The number of carbonyl (C=O) groups excluding carboxylic acids is 1. The van der Waals surface area contributed by atoms with Crippen molar-refractivity contribution in [1.29, 1.82) is 0 Å². The van der Waals surface area contributed by atoms with E-state index in [1.807, 2.05) is 45.0 Å². The molecule has 0 radical (unpaired) electrons. The SMILES string of the molecule is CC(C)(C)OC(=O)N1CCC(CS(=O)(=O)/C=C/C2=Cc3cnc4cccc(n34)S2)CC1. The molecular formula is C22H27N3O4S2. The van der Waals surface area contributed by atoms with E-state index in [0.29, 0.717) is 25.9 Å². The molecule has 1 saturated heterocycles. The Bertz CT molecular complexity index is 1150. The van der Waals surface area contributed by atoms with Crippen LogP contribution in [0.15, 0.2) is 45.8 Å². The second-order valence-corrected chi connectivity index (χ2v) is 12.0. The highest BCUT2D eigenvalue weighted by molar-refractivity contribution is 8.03. The third-order valence-electron chi connectivity index (χ3n) is 5.21. The number of piperidine rings is 1. The van der Waals surface area contributed by atoms with Crippen molar-refractivity contribution in [1.82, 2.24) is 14.3 Å². The van der Waals surface area contributed by atoms with Crippen molar-refractivity contribution in [2.24, 2.45) is 5.92 Å². The molecule has 4 heterocycles. The quantitative estimate of drug-likeness (QED) is 0.673. The van der Waals surface area contributed by atoms with Gasteiger partial charge in [-0.1, -0.05) is 17.8 Å². The van der Waals surface area contributed by atoms with Crippen LogP contribution in [0, 0.1) is 5.92 Å². The maximum absolute atomic E-state index is 12.7. The monoisotopic (exact) mass is 461 g/mol. The van der Waals surface area contributed by atoms with E-state index in [9.17, 15) is 13.2 Å². The molecule has 0 atom stereocenters. The van der Waals surface area contributed by atoms with Gasteiger partial charge in [-0.25, -0.2) is 18.2 Å². The lowest BCUT2D eigenvalue weighted by atomic mass is 9.99. The lowest BCUT2D eigenvalue weighted by molar-refractivity contribution is 0.0191. The Kier molecular flexibility index (Phi) is 5.91. The highest BCUT2D eigenvalue weighted by Gasteiger charge is 2.28. The molecule has 2 aromatic rings. The summed E-state index contributed by atoms with van der Waals surface area (Å²) in [5.41, 5.74) is 1.29. The van der Waals surface area contributed by atoms with E-state index in [1.54, 1.807) is 17.2 Å². The number of nitrogens with zero attached hydrogens (tertiary/aromatic N) is 3. The molecule has 1 amide bonds. The summed E-state index contributed by atoms with van der Waals surface area (Å²) in [5, 5.41) is 2.33. The van der Waals surface area contributed by atoms with Crippen molar-refractivity contribution in [3.8, 4) is 0 Å². The second-order valence-electron chi connectivity index (χ2n) is 8.93. The third-order valence-corrected chi connectivity index (χ3v) is 7.71. The number of likely N-dealkylation sites (tertiary alicyclic amines) is 1. The predicted molar refractivity (Wildman–Crippen MR) is 122 cm³/mol. The first-order valence-electron chi connectivity index (χ1n) is 10.3. The number of ether oxygens (including phenoxy) is 1. The molecule has 31 heavy (non-hydrogen) atoms. The Morgan fingerprint density at radius 2 is 2.03 bits per heavy atom. The third kappa shape index (κ3) is 5.33. The summed E-state index contributed by atoms with van der Waals surface area (Å²) in [5.74, 6) is 0.133. The maximum Gasteiger partial charge on any atom is 0.410 e. The smallest absolute Gasteiger partial charge is 0.410 e. The zero-order chi connectivity index (χ0) is 22.2. The fourth-order valence-corrected chi connectivity index (χ4v) is 6.29. The van der Waals surface area contributed by atoms with Gasteiger partial charge in [-0.15, -0.1) is 0 Å². The van der Waals surface area contributed by atoms with Gasteiger partial charge in [-0.3, -0.25) is 4.40 Å². The van der Waals surface area contributed by atoms with Gasteiger partial charge >= 0.3 is 6.09 Å². The van der Waals surface area contributed by atoms with Crippen molar-refractivity contribution in [3.05, 3.63) is 46.5 Å². The highest BCUT2D eigenvalue weighted by atomic mass is 32.2. The highest BCUT2D eigenvalue weighted by Crippen LogP contribution is 2.35. The molecule has 0 saturated carbocycles. The zero-order valence-corrected chi connectivity index (χ0v) is 19.6. The molecule has 2 aliphatic heterocycles. The minimum atomic E-state index is -3.35. The number of hydrogen-bond donors (Lipinski definition) is 0. The van der Waals surface area contributed by atoms with Gasteiger partial charge < -0.3 is 9.64 Å². The van der Waals surface area contributed by atoms with Crippen LogP contribution >= 0.6 is 11.8 Å². The Hall–Kier alpha value is -2.26. The normalized spacial score (nSPS) is 17.9. The van der Waals surface area contributed by atoms with Crippen LogP contribution in [0.2, 0.25) is 0 Å². The van der Waals surface area contributed by atoms with Crippen molar-refractivity contribution in [2.75, 3.05) is 18.8 Å². The summed E-state index contributed by atoms with van der Waals surface area (Å²) < 4.78 is 32.8. The minimum absolute atomic E-state index is 0.0384. The van der Waals surface area contributed by atoms with Gasteiger partial charge in [-0.2, -0.15) is 0 Å². The minimum Gasteiger partial charge on any atom is -0.444 e. The van der Waals surface area contributed by atoms with E-state index >= 15 is 0 Å². The van der Waals surface area contributed by atoms with Crippen LogP contribution in [0.4, 0.5) is 4.79 Å². The summed E-state index contributed by atoms with van der Waals surface area (Å²) >= 11 is 1.52. The molecule has 2 aromatic heterocycles. The van der Waals surface area contributed by atoms with Crippen LogP contribution in [0.25, 0.3) is 11.7 Å². The van der Waals surface area contributed by atoms with E-state index < -0.39 is 15.4 Å². The van der Waals surface area contributed by atoms with Crippen LogP contribution in [0.5, 0.6) is 0 Å². The number of allylic oxidation sites excluding steroid dienone is 1. The second kappa shape index (κ2) is 8.35. The lowest BCUT2D eigenvalue weighted by Crippen LogP contribution is -2.42. The molecule has 7 nitrogen and oxygen atoms in total. The number of hydrogen-bond acceptors (Lipinski definition) is 6. The van der Waals surface area contributed by atoms with E-state index in [-0.39, 0.29) is 17.8 Å². The van der Waals surface area contributed by atoms with Gasteiger partial charge in [0.2, 0.25) is 0 Å². The van der Waals surface area contributed by atoms with E-state index in [4.69, 9.17) is 4.74 Å². The number of rotatable bonds is 4. The van der Waals surface area contributed by atoms with Crippen LogP contribution in [-0.4, -0.2) is 53.2 Å². The van der Waals surface area contributed by atoms with Gasteiger partial charge in [0, 0.05) is 23.4 Å². The van der Waals surface area contributed by atoms with Gasteiger partial charge in [-0.05, 0) is 63.8 Å². The molecule has 1 fully saturated rings. The topological polar surface area (TPSA) is 81.0 Å². The first kappa shape index (κ1) is 22.0. The van der Waals surface area contributed by atoms with E-state index in [2.05, 4.69) is 9.38 Å². The molecule has 4 rings (SSSR count).